The predicted molar refractivity (Wildman–Crippen MR) is 167 cm³/mol. The summed E-state index contributed by atoms with van der Waals surface area (Å²) < 4.78 is 10.8. The number of nitrogens with zero attached hydrogens (tertiary/aromatic N) is 4. The van der Waals surface area contributed by atoms with Crippen LogP contribution in [0.4, 0.5) is 9.59 Å². The maximum absolute atomic E-state index is 12.2. The summed E-state index contributed by atoms with van der Waals surface area (Å²) in [7, 11) is 0. The number of pyridine rings is 2. The summed E-state index contributed by atoms with van der Waals surface area (Å²) in [6, 6.07) is 7.66. The van der Waals surface area contributed by atoms with Crippen LogP contribution in [0.25, 0.3) is 0 Å². The van der Waals surface area contributed by atoms with Crippen LogP contribution in [-0.4, -0.2) is 91.8 Å². The van der Waals surface area contributed by atoms with Gasteiger partial charge in [0.05, 0.1) is 12.2 Å². The van der Waals surface area contributed by atoms with Gasteiger partial charge in [-0.2, -0.15) is 0 Å². The molecule has 2 saturated heterocycles. The highest BCUT2D eigenvalue weighted by atomic mass is 16.6. The minimum Gasteiger partial charge on any atom is -0.444 e. The Hall–Kier alpha value is -3.24. The van der Waals surface area contributed by atoms with E-state index in [1.165, 1.54) is 0 Å². The van der Waals surface area contributed by atoms with Crippen molar-refractivity contribution >= 4 is 12.2 Å². The number of carbonyl (C=O) groups is 2. The van der Waals surface area contributed by atoms with Crippen LogP contribution in [0.3, 0.4) is 0 Å². The number of piperidine rings is 2. The van der Waals surface area contributed by atoms with Crippen molar-refractivity contribution in [1.82, 2.24) is 19.8 Å². The van der Waals surface area contributed by atoms with E-state index in [1.54, 1.807) is 22.2 Å². The molecule has 2 amide bonds. The first-order chi connectivity index (χ1) is 19.6. The Morgan fingerprint density at radius 3 is 1.40 bits per heavy atom. The Morgan fingerprint density at radius 2 is 1.09 bits per heavy atom. The van der Waals surface area contributed by atoms with Crippen molar-refractivity contribution in [1.29, 1.82) is 0 Å². The van der Waals surface area contributed by atoms with Gasteiger partial charge in [-0.25, -0.2) is 9.59 Å². The van der Waals surface area contributed by atoms with Crippen molar-refractivity contribution in [2.45, 2.75) is 111 Å². The number of carbonyl (C=O) groups excluding carboxylic acids is 2. The SMILES string of the molecule is C.Cc1ncccc1[C@@H]1CN(C(=O)OC(C)(C)C)CC[C@H]1O.Cc1ncccc1[C@H]1CN(C(=O)OC(C)(C)C)CC[C@@H]1O. The zero-order valence-corrected chi connectivity index (χ0v) is 26.3. The molecule has 240 valence electrons. The lowest BCUT2D eigenvalue weighted by Crippen LogP contribution is -2.46. The molecule has 4 atom stereocenters. The Morgan fingerprint density at radius 1 is 0.744 bits per heavy atom. The Kier molecular flexibility index (Phi) is 12.5. The van der Waals surface area contributed by atoms with Gasteiger partial charge in [-0.3, -0.25) is 9.97 Å². The Labute approximate surface area is 257 Å². The van der Waals surface area contributed by atoms with E-state index >= 15 is 0 Å². The highest BCUT2D eigenvalue weighted by molar-refractivity contribution is 5.69. The molecule has 0 aromatic carbocycles. The summed E-state index contributed by atoms with van der Waals surface area (Å²) in [5.41, 5.74) is 2.77. The van der Waals surface area contributed by atoms with E-state index < -0.39 is 23.4 Å². The minimum atomic E-state index is -0.507. The number of aliphatic hydroxyl groups excluding tert-OH is 2. The number of likely N-dealkylation sites (tertiary alicyclic amines) is 2. The second-order valence-corrected chi connectivity index (χ2v) is 13.1. The van der Waals surface area contributed by atoms with Crippen LogP contribution in [0, 0.1) is 13.8 Å². The molecule has 10 nitrogen and oxygen atoms in total. The number of hydrogen-bond acceptors (Lipinski definition) is 8. The molecule has 2 N–H and O–H groups in total. The predicted octanol–water partition coefficient (Wildman–Crippen LogP) is 5.59. The van der Waals surface area contributed by atoms with E-state index in [0.29, 0.717) is 39.0 Å². The van der Waals surface area contributed by atoms with E-state index in [9.17, 15) is 19.8 Å². The summed E-state index contributed by atoms with van der Waals surface area (Å²) in [4.78, 5) is 36.3. The number of aliphatic hydroxyl groups is 2. The number of rotatable bonds is 2. The molecule has 2 fully saturated rings. The zero-order chi connectivity index (χ0) is 31.2. The number of ether oxygens (including phenoxy) is 2. The van der Waals surface area contributed by atoms with Gasteiger partial charge in [0.2, 0.25) is 0 Å². The van der Waals surface area contributed by atoms with Gasteiger partial charge >= 0.3 is 12.2 Å². The largest absolute Gasteiger partial charge is 0.444 e. The topological polar surface area (TPSA) is 125 Å². The van der Waals surface area contributed by atoms with Crippen LogP contribution in [0.1, 0.15) is 96.2 Å². The summed E-state index contributed by atoms with van der Waals surface area (Å²) in [5, 5.41) is 20.5. The first-order valence-corrected chi connectivity index (χ1v) is 14.7. The molecule has 10 heteroatoms. The molecule has 4 heterocycles. The first-order valence-electron chi connectivity index (χ1n) is 14.7. The van der Waals surface area contributed by atoms with Gasteiger partial charge < -0.3 is 29.5 Å². The molecule has 2 aromatic rings. The second-order valence-electron chi connectivity index (χ2n) is 13.1. The normalized spacial score (nSPS) is 22.5. The molecule has 2 aliphatic heterocycles. The molecule has 2 aliphatic rings. The van der Waals surface area contributed by atoms with Crippen LogP contribution in [-0.2, 0) is 9.47 Å². The first kappa shape index (κ1) is 36.0. The van der Waals surface area contributed by atoms with Crippen molar-refractivity contribution in [3.05, 3.63) is 59.2 Å². The molecule has 0 bridgehead atoms. The molecule has 4 rings (SSSR count). The third kappa shape index (κ3) is 10.5. The smallest absolute Gasteiger partial charge is 0.410 e. The van der Waals surface area contributed by atoms with Gasteiger partial charge in [-0.05, 0) is 91.5 Å². The van der Waals surface area contributed by atoms with Crippen molar-refractivity contribution in [2.75, 3.05) is 26.2 Å². The quantitative estimate of drug-likeness (QED) is 0.457. The van der Waals surface area contributed by atoms with Crippen molar-refractivity contribution in [3.8, 4) is 0 Å². The van der Waals surface area contributed by atoms with Gasteiger partial charge in [0.25, 0.3) is 0 Å². The maximum atomic E-state index is 12.2. The van der Waals surface area contributed by atoms with Gasteiger partial charge in [0, 0.05) is 61.8 Å². The summed E-state index contributed by atoms with van der Waals surface area (Å²) >= 11 is 0. The second kappa shape index (κ2) is 15.0. The molecule has 0 saturated carbocycles. The fraction of sp³-hybridized carbons (Fsp3) is 0.636. The maximum Gasteiger partial charge on any atom is 0.410 e. The van der Waals surface area contributed by atoms with Crippen LogP contribution in [0.2, 0.25) is 0 Å². The molecule has 0 spiro atoms. The average molecular weight is 601 g/mol. The van der Waals surface area contributed by atoms with Crippen LogP contribution in [0.5, 0.6) is 0 Å². The molecular weight excluding hydrogens is 548 g/mol. The summed E-state index contributed by atoms with van der Waals surface area (Å²) in [6.45, 7) is 16.9. The zero-order valence-electron chi connectivity index (χ0n) is 26.3. The number of aryl methyl sites for hydroxylation is 2. The van der Waals surface area contributed by atoms with Crippen LogP contribution >= 0.6 is 0 Å². The fourth-order valence-electron chi connectivity index (χ4n) is 5.25. The van der Waals surface area contributed by atoms with Gasteiger partial charge in [0.15, 0.2) is 0 Å². The average Bonchev–Trinajstić information content (AvgIpc) is 2.88. The van der Waals surface area contributed by atoms with Crippen molar-refractivity contribution < 1.29 is 29.3 Å². The third-order valence-electron chi connectivity index (χ3n) is 7.35. The third-order valence-corrected chi connectivity index (χ3v) is 7.35. The van der Waals surface area contributed by atoms with Crippen molar-refractivity contribution in [3.63, 3.8) is 0 Å². The van der Waals surface area contributed by atoms with E-state index in [0.717, 1.165) is 22.5 Å². The lowest BCUT2D eigenvalue weighted by atomic mass is 9.87. The molecular formula is C33H52N4O6. The molecule has 43 heavy (non-hydrogen) atoms. The highest BCUT2D eigenvalue weighted by Crippen LogP contribution is 2.31. The van der Waals surface area contributed by atoms with Crippen molar-refractivity contribution in [2.24, 2.45) is 0 Å². The van der Waals surface area contributed by atoms with E-state index in [2.05, 4.69) is 9.97 Å². The van der Waals surface area contributed by atoms with Gasteiger partial charge in [0.1, 0.15) is 11.2 Å². The number of amides is 2. The van der Waals surface area contributed by atoms with E-state index in [1.807, 2.05) is 79.7 Å². The molecule has 2 aromatic heterocycles. The highest BCUT2D eigenvalue weighted by Gasteiger charge is 2.35. The molecule has 0 aliphatic carbocycles. The number of hydrogen-bond donors (Lipinski definition) is 2. The van der Waals surface area contributed by atoms with E-state index in [4.69, 9.17) is 9.47 Å². The lowest BCUT2D eigenvalue weighted by molar-refractivity contribution is 0.00280. The molecule has 0 radical (unpaired) electrons. The lowest BCUT2D eigenvalue weighted by Gasteiger charge is -2.37. The Balaban J connectivity index is 0.000000293. The fourth-order valence-corrected chi connectivity index (χ4v) is 5.25. The number of aromatic nitrogens is 2. The monoisotopic (exact) mass is 600 g/mol. The van der Waals surface area contributed by atoms with Crippen LogP contribution < -0.4 is 0 Å². The van der Waals surface area contributed by atoms with E-state index in [-0.39, 0.29) is 31.4 Å². The van der Waals surface area contributed by atoms with Gasteiger partial charge in [-0.15, -0.1) is 0 Å². The minimum absolute atomic E-state index is 0. The molecule has 0 unspecified atom stereocenters. The summed E-state index contributed by atoms with van der Waals surface area (Å²) in [6.07, 6.45) is 3.04. The van der Waals surface area contributed by atoms with Crippen LogP contribution in [0.15, 0.2) is 36.7 Å². The standard InChI is InChI=1S/2C16H24N2O3.CH4/c2*1-11-12(6-5-8-17-11)13-10-18(9-7-14(13)19)15(20)21-16(2,3)4;/h2*5-6,8,13-14,19H,7,9-10H2,1-4H3;1H4/t2*13-,14+;/m10./s1. The Bertz CT molecular complexity index is 1110. The van der Waals surface area contributed by atoms with Gasteiger partial charge in [-0.1, -0.05) is 19.6 Å². The summed E-state index contributed by atoms with van der Waals surface area (Å²) in [5.74, 6) is -0.222.